The molecule has 0 aliphatic heterocycles. The van der Waals surface area contributed by atoms with Gasteiger partial charge in [0.15, 0.2) is 0 Å². The van der Waals surface area contributed by atoms with Crippen LogP contribution in [0.2, 0.25) is 0 Å². The van der Waals surface area contributed by atoms with Gasteiger partial charge in [-0.2, -0.15) is 0 Å². The Hall–Kier alpha value is -3.48. The van der Waals surface area contributed by atoms with Gasteiger partial charge in [-0.05, 0) is 34.8 Å². The van der Waals surface area contributed by atoms with Crippen LogP contribution in [0.15, 0.2) is 54.2 Å². The Morgan fingerprint density at radius 1 is 1.11 bits per heavy atom. The third kappa shape index (κ3) is 5.24. The van der Waals surface area contributed by atoms with E-state index >= 15 is 0 Å². The smallest absolute Gasteiger partial charge is 0.352 e. The second-order valence-electron chi connectivity index (χ2n) is 7.00. The first-order valence-corrected chi connectivity index (χ1v) is 8.19. The van der Waals surface area contributed by atoms with Crippen LogP contribution in [0.4, 0.5) is 5.69 Å². The van der Waals surface area contributed by atoms with Gasteiger partial charge in [0.05, 0.1) is 4.92 Å². The van der Waals surface area contributed by atoms with Crippen molar-refractivity contribution in [2.45, 2.75) is 26.2 Å². The molecule has 0 saturated heterocycles. The minimum absolute atomic E-state index is 0.0663. The molecule has 0 atom stereocenters. The summed E-state index contributed by atoms with van der Waals surface area (Å²) in [6.45, 7) is 6.14. The van der Waals surface area contributed by atoms with Gasteiger partial charge < -0.3 is 10.4 Å². The largest absolute Gasteiger partial charge is 0.477 e. The van der Waals surface area contributed by atoms with Gasteiger partial charge in [-0.15, -0.1) is 0 Å². The van der Waals surface area contributed by atoms with Gasteiger partial charge in [0, 0.05) is 17.7 Å². The van der Waals surface area contributed by atoms with Crippen LogP contribution >= 0.6 is 0 Å². The van der Waals surface area contributed by atoms with Gasteiger partial charge in [-0.1, -0.05) is 45.0 Å². The molecule has 0 aliphatic carbocycles. The molecule has 0 spiro atoms. The Morgan fingerprint density at radius 3 is 2.26 bits per heavy atom. The number of carbonyl (C=O) groups excluding carboxylic acids is 1. The van der Waals surface area contributed by atoms with E-state index in [1.807, 2.05) is 32.9 Å². The minimum Gasteiger partial charge on any atom is -0.477 e. The standard InChI is InChI=1S/C20H20N2O5/c1-20(2,3)15-9-7-14(8-10-15)18(23)21-17(19(24)25)12-13-5-4-6-16(11-13)22(26)27/h4-12H,1-3H3,(H,21,23)(H,24,25). The summed E-state index contributed by atoms with van der Waals surface area (Å²) in [5, 5.41) is 22.5. The molecule has 2 rings (SSSR count). The average molecular weight is 368 g/mol. The van der Waals surface area contributed by atoms with E-state index in [0.29, 0.717) is 11.1 Å². The maximum Gasteiger partial charge on any atom is 0.352 e. The molecule has 2 N–H and O–H groups in total. The highest BCUT2D eigenvalue weighted by atomic mass is 16.6. The molecule has 7 nitrogen and oxygen atoms in total. The lowest BCUT2D eigenvalue weighted by atomic mass is 9.87. The molecule has 27 heavy (non-hydrogen) atoms. The topological polar surface area (TPSA) is 110 Å². The fraction of sp³-hybridized carbons (Fsp3) is 0.200. The summed E-state index contributed by atoms with van der Waals surface area (Å²) in [6.07, 6.45) is 1.18. The summed E-state index contributed by atoms with van der Waals surface area (Å²) in [7, 11) is 0. The third-order valence-electron chi connectivity index (χ3n) is 3.88. The number of rotatable bonds is 5. The Bertz CT molecular complexity index is 909. The number of benzene rings is 2. The summed E-state index contributed by atoms with van der Waals surface area (Å²) < 4.78 is 0. The van der Waals surface area contributed by atoms with Crippen molar-refractivity contribution in [3.8, 4) is 0 Å². The molecule has 0 radical (unpaired) electrons. The first-order valence-electron chi connectivity index (χ1n) is 8.19. The Kier molecular flexibility index (Phi) is 5.75. The number of non-ortho nitro benzene ring substituents is 1. The molecule has 7 heteroatoms. The van der Waals surface area contributed by atoms with E-state index < -0.39 is 16.8 Å². The summed E-state index contributed by atoms with van der Waals surface area (Å²) >= 11 is 0. The van der Waals surface area contributed by atoms with Crippen LogP contribution in [-0.2, 0) is 10.2 Å². The first kappa shape index (κ1) is 19.8. The summed E-state index contributed by atoms with van der Waals surface area (Å²) in [5.74, 6) is -1.92. The molecule has 0 fully saturated rings. The van der Waals surface area contributed by atoms with Gasteiger partial charge in [0.25, 0.3) is 11.6 Å². The molecule has 0 aromatic heterocycles. The van der Waals surface area contributed by atoms with Crippen LogP contribution in [-0.4, -0.2) is 21.9 Å². The van der Waals surface area contributed by atoms with E-state index in [0.717, 1.165) is 5.56 Å². The molecule has 0 saturated carbocycles. The zero-order valence-electron chi connectivity index (χ0n) is 15.2. The number of nitrogens with one attached hydrogen (secondary N) is 1. The predicted molar refractivity (Wildman–Crippen MR) is 101 cm³/mol. The monoisotopic (exact) mass is 368 g/mol. The highest BCUT2D eigenvalue weighted by Gasteiger charge is 2.17. The number of nitro groups is 1. The minimum atomic E-state index is -1.35. The van der Waals surface area contributed by atoms with E-state index in [9.17, 15) is 24.8 Å². The number of nitrogens with zero attached hydrogens (tertiary/aromatic N) is 1. The number of amides is 1. The lowest BCUT2D eigenvalue weighted by Crippen LogP contribution is -2.27. The second kappa shape index (κ2) is 7.82. The second-order valence-corrected chi connectivity index (χ2v) is 7.00. The zero-order chi connectivity index (χ0) is 20.2. The maximum atomic E-state index is 12.4. The van der Waals surface area contributed by atoms with Crippen molar-refractivity contribution in [2.24, 2.45) is 0 Å². The van der Waals surface area contributed by atoms with E-state index in [4.69, 9.17) is 0 Å². The molecule has 0 unspecified atom stereocenters. The summed E-state index contributed by atoms with van der Waals surface area (Å²) in [6, 6.07) is 12.4. The van der Waals surface area contributed by atoms with E-state index in [1.54, 1.807) is 12.1 Å². The molecular formula is C20H20N2O5. The Labute approximate surface area is 156 Å². The van der Waals surface area contributed by atoms with E-state index in [2.05, 4.69) is 5.32 Å². The van der Waals surface area contributed by atoms with Crippen LogP contribution < -0.4 is 5.32 Å². The van der Waals surface area contributed by atoms with Crippen molar-refractivity contribution < 1.29 is 19.6 Å². The van der Waals surface area contributed by atoms with Crippen molar-refractivity contribution >= 4 is 23.6 Å². The van der Waals surface area contributed by atoms with Crippen LogP contribution in [0, 0.1) is 10.1 Å². The number of carboxylic acids is 1. The van der Waals surface area contributed by atoms with Crippen molar-refractivity contribution in [1.82, 2.24) is 5.32 Å². The summed E-state index contributed by atoms with van der Waals surface area (Å²) in [4.78, 5) is 34.1. The van der Waals surface area contributed by atoms with E-state index in [1.165, 1.54) is 30.3 Å². The molecular weight excluding hydrogens is 348 g/mol. The van der Waals surface area contributed by atoms with Gasteiger partial charge in [-0.25, -0.2) is 4.79 Å². The number of carbonyl (C=O) groups is 2. The number of hydrogen-bond donors (Lipinski definition) is 2. The van der Waals surface area contributed by atoms with Crippen molar-refractivity contribution in [1.29, 1.82) is 0 Å². The fourth-order valence-corrected chi connectivity index (χ4v) is 2.36. The molecule has 1 amide bonds. The van der Waals surface area contributed by atoms with Crippen LogP contribution in [0.5, 0.6) is 0 Å². The normalized spacial score (nSPS) is 11.7. The molecule has 0 heterocycles. The number of aliphatic carboxylic acids is 1. The lowest BCUT2D eigenvalue weighted by molar-refractivity contribution is -0.384. The van der Waals surface area contributed by atoms with Gasteiger partial charge >= 0.3 is 5.97 Å². The third-order valence-corrected chi connectivity index (χ3v) is 3.88. The Balaban J connectivity index is 2.25. The highest BCUT2D eigenvalue weighted by molar-refractivity contribution is 6.02. The molecule has 0 aliphatic rings. The SMILES string of the molecule is CC(C)(C)c1ccc(C(=O)NC(=Cc2cccc([N+](=O)[O-])c2)C(=O)O)cc1. The maximum absolute atomic E-state index is 12.4. The zero-order valence-corrected chi connectivity index (χ0v) is 15.2. The quantitative estimate of drug-likeness (QED) is 0.474. The summed E-state index contributed by atoms with van der Waals surface area (Å²) in [5.41, 5.74) is 1.05. The number of carboxylic acid groups (broad SMARTS) is 1. The van der Waals surface area contributed by atoms with Crippen molar-refractivity contribution in [3.05, 3.63) is 81.0 Å². The number of hydrogen-bond acceptors (Lipinski definition) is 4. The van der Waals surface area contributed by atoms with Crippen LogP contribution in [0.1, 0.15) is 42.3 Å². The fourth-order valence-electron chi connectivity index (χ4n) is 2.36. The molecule has 2 aromatic carbocycles. The van der Waals surface area contributed by atoms with Crippen molar-refractivity contribution in [2.75, 3.05) is 0 Å². The predicted octanol–water partition coefficient (Wildman–Crippen LogP) is 3.75. The lowest BCUT2D eigenvalue weighted by Gasteiger charge is -2.19. The highest BCUT2D eigenvalue weighted by Crippen LogP contribution is 2.22. The average Bonchev–Trinajstić information content (AvgIpc) is 2.60. The van der Waals surface area contributed by atoms with Gasteiger partial charge in [0.2, 0.25) is 0 Å². The van der Waals surface area contributed by atoms with Crippen LogP contribution in [0.25, 0.3) is 6.08 Å². The molecule has 2 aromatic rings. The van der Waals surface area contributed by atoms with E-state index in [-0.39, 0.29) is 16.8 Å². The molecule has 0 bridgehead atoms. The van der Waals surface area contributed by atoms with Gasteiger partial charge in [0.1, 0.15) is 5.70 Å². The molecule has 140 valence electrons. The first-order chi connectivity index (χ1) is 12.6. The van der Waals surface area contributed by atoms with Gasteiger partial charge in [-0.3, -0.25) is 14.9 Å². The Morgan fingerprint density at radius 2 is 1.74 bits per heavy atom. The van der Waals surface area contributed by atoms with Crippen LogP contribution in [0.3, 0.4) is 0 Å². The number of nitro benzene ring substituents is 1. The van der Waals surface area contributed by atoms with Crippen molar-refractivity contribution in [3.63, 3.8) is 0 Å².